The number of fused-ring (bicyclic) bond motifs is 1. The summed E-state index contributed by atoms with van der Waals surface area (Å²) in [7, 11) is 0. The number of aryl methyl sites for hydroxylation is 1. The minimum atomic E-state index is -3.16. The highest BCUT2D eigenvalue weighted by Gasteiger charge is 2.27. The molecule has 4 aromatic rings. The van der Waals surface area contributed by atoms with E-state index in [4.69, 9.17) is 9.72 Å². The third kappa shape index (κ3) is 4.64. The van der Waals surface area contributed by atoms with Crippen molar-refractivity contribution in [2.45, 2.75) is 19.8 Å². The molecular weight excluding hydrogens is 458 g/mol. The van der Waals surface area contributed by atoms with Crippen molar-refractivity contribution in [3.63, 3.8) is 0 Å². The number of hydrogen-bond acceptors (Lipinski definition) is 8. The Balaban J connectivity index is 1.48. The van der Waals surface area contributed by atoms with E-state index in [0.29, 0.717) is 60.4 Å². The summed E-state index contributed by atoms with van der Waals surface area (Å²) in [6, 6.07) is 4.15. The van der Waals surface area contributed by atoms with Crippen LogP contribution in [0.1, 0.15) is 28.7 Å². The number of hydrogen-bond donors (Lipinski definition) is 2. The molecule has 5 heterocycles. The Hall–Kier alpha value is -4.06. The molecule has 10 nitrogen and oxygen atoms in total. The van der Waals surface area contributed by atoms with E-state index < -0.39 is 17.5 Å². The summed E-state index contributed by atoms with van der Waals surface area (Å²) in [5.74, 6) is -2.58. The first-order valence-electron chi connectivity index (χ1n) is 11.0. The molecule has 180 valence electrons. The number of ether oxygens (including phenoxy) is 1. The number of aromatic amines is 1. The second kappa shape index (κ2) is 8.95. The maximum Gasteiger partial charge on any atom is 0.286 e. The SMILES string of the molecule is Cc1ncc(NC(=O)c2ccnc(C(C)(F)F)c2)cc1-c1nc(N2CCOCC2)c2[nH]ncc2n1. The van der Waals surface area contributed by atoms with Crippen molar-refractivity contribution >= 4 is 28.4 Å². The van der Waals surface area contributed by atoms with E-state index in [2.05, 4.69) is 35.4 Å². The molecule has 1 saturated heterocycles. The van der Waals surface area contributed by atoms with E-state index in [1.54, 1.807) is 12.3 Å². The topological polar surface area (TPSA) is 122 Å². The third-order valence-corrected chi connectivity index (χ3v) is 5.65. The standard InChI is InChI=1S/C23H22F2N8O2/c1-13-16(20-30-17-12-28-32-19(17)21(31-20)33-5-7-35-8-6-33)10-15(11-27-13)29-22(34)14-3-4-26-18(9-14)23(2,24)25/h3-4,9-12H,5-8H2,1-2H3,(H,28,32)(H,29,34). The zero-order valence-corrected chi connectivity index (χ0v) is 19.0. The van der Waals surface area contributed by atoms with Gasteiger partial charge in [-0.3, -0.25) is 19.9 Å². The third-order valence-electron chi connectivity index (χ3n) is 5.65. The van der Waals surface area contributed by atoms with E-state index in [0.717, 1.165) is 18.5 Å². The predicted molar refractivity (Wildman–Crippen MR) is 124 cm³/mol. The second-order valence-corrected chi connectivity index (χ2v) is 8.23. The first kappa shape index (κ1) is 22.7. The molecule has 0 unspecified atom stereocenters. The van der Waals surface area contributed by atoms with Gasteiger partial charge in [-0.15, -0.1) is 0 Å². The number of amides is 1. The number of morpholine rings is 1. The number of nitrogens with zero attached hydrogens (tertiary/aromatic N) is 6. The van der Waals surface area contributed by atoms with E-state index >= 15 is 0 Å². The number of aromatic nitrogens is 6. The van der Waals surface area contributed by atoms with E-state index in [1.165, 1.54) is 18.5 Å². The van der Waals surface area contributed by atoms with Crippen molar-refractivity contribution in [2.24, 2.45) is 0 Å². The molecule has 1 aliphatic rings. The fourth-order valence-electron chi connectivity index (χ4n) is 3.79. The molecule has 0 bridgehead atoms. The van der Waals surface area contributed by atoms with Crippen LogP contribution in [0.15, 0.2) is 36.8 Å². The molecule has 0 aliphatic carbocycles. The van der Waals surface area contributed by atoms with Crippen LogP contribution >= 0.6 is 0 Å². The number of rotatable bonds is 5. The van der Waals surface area contributed by atoms with E-state index in [-0.39, 0.29) is 5.56 Å². The van der Waals surface area contributed by atoms with Crippen LogP contribution < -0.4 is 10.2 Å². The van der Waals surface area contributed by atoms with Gasteiger partial charge in [0.15, 0.2) is 11.6 Å². The quantitative estimate of drug-likeness (QED) is 0.446. The van der Waals surface area contributed by atoms with Crippen LogP contribution in [0.4, 0.5) is 20.3 Å². The lowest BCUT2D eigenvalue weighted by Crippen LogP contribution is -2.37. The van der Waals surface area contributed by atoms with Gasteiger partial charge in [-0.25, -0.2) is 9.97 Å². The summed E-state index contributed by atoms with van der Waals surface area (Å²) in [5.41, 5.74) is 2.62. The maximum absolute atomic E-state index is 13.6. The van der Waals surface area contributed by atoms with E-state index in [9.17, 15) is 13.6 Å². The van der Waals surface area contributed by atoms with Gasteiger partial charge in [-0.2, -0.15) is 13.9 Å². The highest BCUT2D eigenvalue weighted by Crippen LogP contribution is 2.29. The van der Waals surface area contributed by atoms with Crippen molar-refractivity contribution in [1.29, 1.82) is 0 Å². The zero-order chi connectivity index (χ0) is 24.6. The Kier molecular flexibility index (Phi) is 5.81. The molecule has 0 radical (unpaired) electrons. The molecule has 35 heavy (non-hydrogen) atoms. The zero-order valence-electron chi connectivity index (χ0n) is 19.0. The normalized spacial score (nSPS) is 14.3. The molecular formula is C23H22F2N8O2. The number of H-pyrrole nitrogens is 1. The van der Waals surface area contributed by atoms with Gasteiger partial charge in [0.1, 0.15) is 16.7 Å². The van der Waals surface area contributed by atoms with Crippen LogP contribution in [0.3, 0.4) is 0 Å². The molecule has 0 saturated carbocycles. The fourth-order valence-corrected chi connectivity index (χ4v) is 3.79. The lowest BCUT2D eigenvalue weighted by Gasteiger charge is -2.28. The van der Waals surface area contributed by atoms with Crippen LogP contribution in [0.5, 0.6) is 0 Å². The lowest BCUT2D eigenvalue weighted by molar-refractivity contribution is 0.0127. The summed E-state index contributed by atoms with van der Waals surface area (Å²) in [6.45, 7) is 5.10. The Morgan fingerprint density at radius 1 is 1.17 bits per heavy atom. The predicted octanol–water partition coefficient (Wildman–Crippen LogP) is 3.32. The van der Waals surface area contributed by atoms with Gasteiger partial charge < -0.3 is 15.0 Å². The highest BCUT2D eigenvalue weighted by molar-refractivity contribution is 6.04. The smallest absolute Gasteiger partial charge is 0.286 e. The van der Waals surface area contributed by atoms with Crippen LogP contribution in [-0.4, -0.2) is 62.3 Å². The molecule has 4 aromatic heterocycles. The van der Waals surface area contributed by atoms with Gasteiger partial charge in [0.05, 0.1) is 31.3 Å². The highest BCUT2D eigenvalue weighted by atomic mass is 19.3. The van der Waals surface area contributed by atoms with Gasteiger partial charge >= 0.3 is 0 Å². The first-order chi connectivity index (χ1) is 16.8. The Morgan fingerprint density at radius 3 is 2.74 bits per heavy atom. The Labute approximate surface area is 198 Å². The minimum absolute atomic E-state index is 0.0596. The van der Waals surface area contributed by atoms with Crippen molar-refractivity contribution < 1.29 is 18.3 Å². The summed E-state index contributed by atoms with van der Waals surface area (Å²) in [6.07, 6.45) is 4.30. The molecule has 0 aromatic carbocycles. The molecule has 1 amide bonds. The summed E-state index contributed by atoms with van der Waals surface area (Å²) < 4.78 is 32.7. The average Bonchev–Trinajstić information content (AvgIpc) is 3.33. The molecule has 2 N–H and O–H groups in total. The largest absolute Gasteiger partial charge is 0.378 e. The molecule has 1 aliphatic heterocycles. The Bertz CT molecular complexity index is 1400. The summed E-state index contributed by atoms with van der Waals surface area (Å²) in [4.78, 5) is 32.3. The molecule has 0 atom stereocenters. The van der Waals surface area contributed by atoms with Crippen molar-refractivity contribution in [1.82, 2.24) is 30.1 Å². The van der Waals surface area contributed by atoms with Crippen LogP contribution in [0.25, 0.3) is 22.4 Å². The number of alkyl halides is 2. The monoisotopic (exact) mass is 480 g/mol. The Morgan fingerprint density at radius 2 is 1.97 bits per heavy atom. The number of pyridine rings is 2. The van der Waals surface area contributed by atoms with Crippen molar-refractivity contribution in [3.05, 3.63) is 53.7 Å². The molecule has 12 heteroatoms. The first-order valence-corrected chi connectivity index (χ1v) is 11.0. The summed E-state index contributed by atoms with van der Waals surface area (Å²) >= 11 is 0. The number of carbonyl (C=O) groups excluding carboxylic acids is 1. The van der Waals surface area contributed by atoms with Crippen LogP contribution in [0.2, 0.25) is 0 Å². The van der Waals surface area contributed by atoms with E-state index in [1.807, 2.05) is 6.92 Å². The number of nitrogens with one attached hydrogen (secondary N) is 2. The summed E-state index contributed by atoms with van der Waals surface area (Å²) in [5, 5.41) is 9.78. The van der Waals surface area contributed by atoms with Crippen LogP contribution in [-0.2, 0) is 10.7 Å². The van der Waals surface area contributed by atoms with Gasteiger partial charge in [0, 0.05) is 43.0 Å². The molecule has 5 rings (SSSR count). The average molecular weight is 480 g/mol. The number of anilines is 2. The molecule has 1 fully saturated rings. The van der Waals surface area contributed by atoms with Crippen molar-refractivity contribution in [2.75, 3.05) is 36.5 Å². The molecule has 0 spiro atoms. The minimum Gasteiger partial charge on any atom is -0.378 e. The lowest BCUT2D eigenvalue weighted by atomic mass is 10.1. The van der Waals surface area contributed by atoms with Crippen LogP contribution in [0, 0.1) is 6.92 Å². The van der Waals surface area contributed by atoms with Crippen molar-refractivity contribution in [3.8, 4) is 11.4 Å². The number of halogens is 2. The maximum atomic E-state index is 13.6. The second-order valence-electron chi connectivity index (χ2n) is 8.23. The van der Waals surface area contributed by atoms with Gasteiger partial charge in [-0.1, -0.05) is 0 Å². The van der Waals surface area contributed by atoms with Gasteiger partial charge in [0.25, 0.3) is 11.8 Å². The van der Waals surface area contributed by atoms with Gasteiger partial charge in [-0.05, 0) is 25.1 Å². The number of carbonyl (C=O) groups is 1. The fraction of sp³-hybridized carbons (Fsp3) is 0.304. The van der Waals surface area contributed by atoms with Gasteiger partial charge in [0.2, 0.25) is 0 Å².